The van der Waals surface area contributed by atoms with Gasteiger partial charge in [-0.2, -0.15) is 0 Å². The van der Waals surface area contributed by atoms with Gasteiger partial charge in [-0.3, -0.25) is 4.79 Å². The van der Waals surface area contributed by atoms with E-state index in [2.05, 4.69) is 81.5 Å². The van der Waals surface area contributed by atoms with Crippen LogP contribution in [0.15, 0.2) is 48.6 Å². The van der Waals surface area contributed by atoms with E-state index in [-0.39, 0.29) is 0 Å². The zero-order valence-electron chi connectivity index (χ0n) is 31.8. The van der Waals surface area contributed by atoms with Gasteiger partial charge in [-0.15, -0.1) is 0 Å². The number of rotatable bonds is 36. The van der Waals surface area contributed by atoms with Crippen LogP contribution < -0.4 is 0 Å². The number of carbonyl (C=O) groups excluding carboxylic acids is 1. The first-order valence-corrected chi connectivity index (χ1v) is 20.4. The van der Waals surface area contributed by atoms with Gasteiger partial charge in [0, 0.05) is 12.3 Å². The molecule has 0 aliphatic heterocycles. The lowest BCUT2D eigenvalue weighted by Gasteiger charge is -2.16. The molecular formula is C44H81NO. The first-order valence-electron chi connectivity index (χ1n) is 20.4. The Kier molecular flexibility index (Phi) is 36.9. The molecule has 2 nitrogen and oxygen atoms in total. The van der Waals surface area contributed by atoms with Gasteiger partial charge in [0.25, 0.3) is 0 Å². The summed E-state index contributed by atoms with van der Waals surface area (Å²) >= 11 is 0. The quantitative estimate of drug-likeness (QED) is 0.0502. The molecule has 0 aromatic rings. The standard InChI is InChI=1S/C44H81NO/c1-5-7-9-11-13-15-17-19-21-23-25-27-29-31-33-35-39-43(44(46)41-37-38-42-45(3)4)40-36-34-32-30-28-26-24-22-20-18-16-14-12-10-8-6-2/h13-16,19-22,43H,5-12,17-18,23-42H2,1-4H3. The molecule has 0 spiro atoms. The molecule has 2 heteroatoms. The molecule has 0 heterocycles. The van der Waals surface area contributed by atoms with Gasteiger partial charge >= 0.3 is 0 Å². The van der Waals surface area contributed by atoms with Crippen LogP contribution in [0.25, 0.3) is 0 Å². The third-order valence-electron chi connectivity index (χ3n) is 9.24. The number of unbranched alkanes of at least 4 members (excludes halogenated alkanes) is 19. The smallest absolute Gasteiger partial charge is 0.135 e. The first-order chi connectivity index (χ1) is 22.6. The fraction of sp³-hybridized carbons (Fsp3) is 0.795. The van der Waals surface area contributed by atoms with Crippen molar-refractivity contribution < 1.29 is 4.79 Å². The van der Waals surface area contributed by atoms with Gasteiger partial charge in [0.2, 0.25) is 0 Å². The monoisotopic (exact) mass is 640 g/mol. The molecule has 0 aromatic heterocycles. The minimum absolute atomic E-state index is 0.316. The third kappa shape index (κ3) is 35.4. The lowest BCUT2D eigenvalue weighted by atomic mass is 9.88. The molecule has 0 N–H and O–H groups in total. The Morgan fingerprint density at radius 2 is 0.826 bits per heavy atom. The third-order valence-corrected chi connectivity index (χ3v) is 9.24. The van der Waals surface area contributed by atoms with Gasteiger partial charge in [-0.05, 0) is 111 Å². The second-order valence-electron chi connectivity index (χ2n) is 14.2. The molecule has 0 amide bonds. The molecule has 0 rings (SSSR count). The summed E-state index contributed by atoms with van der Waals surface area (Å²) in [5.41, 5.74) is 0. The van der Waals surface area contributed by atoms with Gasteiger partial charge in [0.05, 0.1) is 0 Å². The van der Waals surface area contributed by atoms with Crippen molar-refractivity contribution in [1.29, 1.82) is 0 Å². The Morgan fingerprint density at radius 3 is 1.22 bits per heavy atom. The first kappa shape index (κ1) is 44.6. The summed E-state index contributed by atoms with van der Waals surface area (Å²) in [6.07, 6.45) is 54.9. The van der Waals surface area contributed by atoms with Crippen LogP contribution in [-0.2, 0) is 4.79 Å². The second-order valence-corrected chi connectivity index (χ2v) is 14.2. The fourth-order valence-electron chi connectivity index (χ4n) is 6.16. The lowest BCUT2D eigenvalue weighted by Crippen LogP contribution is -2.16. The highest BCUT2D eigenvalue weighted by atomic mass is 16.1. The van der Waals surface area contributed by atoms with E-state index in [0.29, 0.717) is 11.7 Å². The van der Waals surface area contributed by atoms with Crippen LogP contribution in [0.5, 0.6) is 0 Å². The normalized spacial score (nSPS) is 13.1. The predicted molar refractivity (Wildman–Crippen MR) is 209 cm³/mol. The van der Waals surface area contributed by atoms with Gasteiger partial charge in [-0.25, -0.2) is 0 Å². The van der Waals surface area contributed by atoms with Crippen molar-refractivity contribution in [1.82, 2.24) is 4.90 Å². The molecule has 0 atom stereocenters. The number of hydrogen-bond acceptors (Lipinski definition) is 2. The summed E-state index contributed by atoms with van der Waals surface area (Å²) in [5, 5.41) is 0. The van der Waals surface area contributed by atoms with E-state index in [0.717, 1.165) is 51.5 Å². The maximum atomic E-state index is 13.1. The van der Waals surface area contributed by atoms with E-state index >= 15 is 0 Å². The molecule has 268 valence electrons. The Labute approximate surface area is 290 Å². The van der Waals surface area contributed by atoms with Crippen molar-refractivity contribution in [2.24, 2.45) is 5.92 Å². The van der Waals surface area contributed by atoms with Crippen LogP contribution in [0.3, 0.4) is 0 Å². The number of hydrogen-bond donors (Lipinski definition) is 0. The van der Waals surface area contributed by atoms with Crippen molar-refractivity contribution >= 4 is 5.78 Å². The molecule has 0 aliphatic rings. The lowest BCUT2D eigenvalue weighted by molar-refractivity contribution is -0.123. The average Bonchev–Trinajstić information content (AvgIpc) is 3.05. The van der Waals surface area contributed by atoms with Gasteiger partial charge < -0.3 is 4.90 Å². The zero-order chi connectivity index (χ0) is 33.6. The predicted octanol–water partition coefficient (Wildman–Crippen LogP) is 14.3. The van der Waals surface area contributed by atoms with E-state index in [1.807, 2.05) is 0 Å². The topological polar surface area (TPSA) is 20.3 Å². The van der Waals surface area contributed by atoms with Crippen LogP contribution in [-0.4, -0.2) is 31.3 Å². The average molecular weight is 640 g/mol. The number of Topliss-reactive ketones (excluding diaryl/α,β-unsaturated/α-hetero) is 1. The SMILES string of the molecule is CCCCCC=CCC=CCCCCCCCCC(CCCCCCCCC=CCC=CCCCCC)C(=O)CCCCN(C)C. The van der Waals surface area contributed by atoms with Crippen LogP contribution in [0.2, 0.25) is 0 Å². The van der Waals surface area contributed by atoms with Crippen LogP contribution in [0.4, 0.5) is 0 Å². The zero-order valence-corrected chi connectivity index (χ0v) is 31.8. The van der Waals surface area contributed by atoms with Crippen molar-refractivity contribution in [2.75, 3.05) is 20.6 Å². The molecule has 46 heavy (non-hydrogen) atoms. The summed E-state index contributed by atoms with van der Waals surface area (Å²) in [5.74, 6) is 0.875. The number of nitrogens with zero attached hydrogens (tertiary/aromatic N) is 1. The minimum Gasteiger partial charge on any atom is -0.309 e. The number of ketones is 1. The van der Waals surface area contributed by atoms with Gasteiger partial charge in [-0.1, -0.05) is 152 Å². The summed E-state index contributed by atoms with van der Waals surface area (Å²) in [7, 11) is 4.25. The van der Waals surface area contributed by atoms with Crippen LogP contribution >= 0.6 is 0 Å². The Bertz CT molecular complexity index is 682. The van der Waals surface area contributed by atoms with E-state index in [9.17, 15) is 4.79 Å². The molecule has 0 aliphatic carbocycles. The molecule has 0 saturated carbocycles. The Balaban J connectivity index is 4.03. The highest BCUT2D eigenvalue weighted by Gasteiger charge is 2.17. The highest BCUT2D eigenvalue weighted by molar-refractivity contribution is 5.80. The summed E-state index contributed by atoms with van der Waals surface area (Å²) < 4.78 is 0. The van der Waals surface area contributed by atoms with E-state index in [1.54, 1.807) is 0 Å². The maximum Gasteiger partial charge on any atom is 0.135 e. The Hall–Kier alpha value is -1.41. The number of carbonyl (C=O) groups is 1. The molecule has 0 fully saturated rings. The fourth-order valence-corrected chi connectivity index (χ4v) is 6.16. The number of allylic oxidation sites excluding steroid dienone is 8. The largest absolute Gasteiger partial charge is 0.309 e. The minimum atomic E-state index is 0.316. The van der Waals surface area contributed by atoms with Crippen molar-refractivity contribution in [3.8, 4) is 0 Å². The van der Waals surface area contributed by atoms with Crippen LogP contribution in [0.1, 0.15) is 200 Å². The van der Waals surface area contributed by atoms with E-state index < -0.39 is 0 Å². The Morgan fingerprint density at radius 1 is 0.457 bits per heavy atom. The van der Waals surface area contributed by atoms with Gasteiger partial charge in [0.1, 0.15) is 5.78 Å². The molecule has 0 bridgehead atoms. The van der Waals surface area contributed by atoms with Crippen molar-refractivity contribution in [3.05, 3.63) is 48.6 Å². The molecule has 0 saturated heterocycles. The summed E-state index contributed by atoms with van der Waals surface area (Å²) in [4.78, 5) is 15.4. The molecular weight excluding hydrogens is 558 g/mol. The summed E-state index contributed by atoms with van der Waals surface area (Å²) in [6, 6.07) is 0. The molecule has 0 unspecified atom stereocenters. The van der Waals surface area contributed by atoms with Crippen molar-refractivity contribution in [2.45, 2.75) is 200 Å². The highest BCUT2D eigenvalue weighted by Crippen LogP contribution is 2.22. The second kappa shape index (κ2) is 38.0. The maximum absolute atomic E-state index is 13.1. The van der Waals surface area contributed by atoms with Crippen LogP contribution in [0, 0.1) is 5.92 Å². The summed E-state index contributed by atoms with van der Waals surface area (Å²) in [6.45, 7) is 5.62. The van der Waals surface area contributed by atoms with E-state index in [1.165, 1.54) is 141 Å². The molecule has 0 radical (unpaired) electrons. The van der Waals surface area contributed by atoms with E-state index in [4.69, 9.17) is 0 Å². The van der Waals surface area contributed by atoms with Crippen molar-refractivity contribution in [3.63, 3.8) is 0 Å². The van der Waals surface area contributed by atoms with Gasteiger partial charge in [0.15, 0.2) is 0 Å². The molecule has 0 aromatic carbocycles.